The number of benzene rings is 2. The van der Waals surface area contributed by atoms with Crippen LogP contribution in [0.15, 0.2) is 64.5 Å². The van der Waals surface area contributed by atoms with Gasteiger partial charge in [0.1, 0.15) is 0 Å². The van der Waals surface area contributed by atoms with Gasteiger partial charge < -0.3 is 5.73 Å². The molecule has 0 heterocycles. The maximum absolute atomic E-state index is 6.04. The molecular formula is C18H22N2S. The topological polar surface area (TPSA) is 38.4 Å². The van der Waals surface area contributed by atoms with E-state index in [1.54, 1.807) is 0 Å². The highest BCUT2D eigenvalue weighted by atomic mass is 32.2. The number of aliphatic imine (C=N–C) groups is 1. The molecule has 2 N–H and O–H groups in total. The fourth-order valence-corrected chi connectivity index (χ4v) is 3.03. The van der Waals surface area contributed by atoms with Crippen molar-refractivity contribution in [1.29, 1.82) is 0 Å². The molecule has 3 heteroatoms. The molecular weight excluding hydrogens is 276 g/mol. The van der Waals surface area contributed by atoms with Crippen LogP contribution in [0.4, 0.5) is 0 Å². The van der Waals surface area contributed by atoms with Gasteiger partial charge in [-0.05, 0) is 24.6 Å². The van der Waals surface area contributed by atoms with Crippen molar-refractivity contribution in [3.8, 4) is 0 Å². The summed E-state index contributed by atoms with van der Waals surface area (Å²) >= 11 is 1.83. The highest BCUT2D eigenvalue weighted by Crippen LogP contribution is 2.22. The summed E-state index contributed by atoms with van der Waals surface area (Å²) < 4.78 is 0. The Bertz CT molecular complexity index is 593. The van der Waals surface area contributed by atoms with Crippen LogP contribution >= 0.6 is 11.8 Å². The lowest BCUT2D eigenvalue weighted by Crippen LogP contribution is -2.17. The van der Waals surface area contributed by atoms with Gasteiger partial charge in [-0.2, -0.15) is 0 Å². The van der Waals surface area contributed by atoms with Crippen LogP contribution in [0.5, 0.6) is 0 Å². The maximum atomic E-state index is 6.04. The van der Waals surface area contributed by atoms with Gasteiger partial charge in [-0.25, -0.2) is 0 Å². The van der Waals surface area contributed by atoms with Crippen molar-refractivity contribution >= 4 is 17.6 Å². The largest absolute Gasteiger partial charge is 0.387 e. The number of amidine groups is 1. The van der Waals surface area contributed by atoms with E-state index in [9.17, 15) is 0 Å². The number of hydrogen-bond acceptors (Lipinski definition) is 2. The molecule has 0 spiro atoms. The average Bonchev–Trinajstić information content (AvgIpc) is 2.46. The van der Waals surface area contributed by atoms with E-state index in [2.05, 4.69) is 67.4 Å². The summed E-state index contributed by atoms with van der Waals surface area (Å²) in [6.45, 7) is 5.02. The minimum Gasteiger partial charge on any atom is -0.387 e. The lowest BCUT2D eigenvalue weighted by atomic mass is 10.1. The summed E-state index contributed by atoms with van der Waals surface area (Å²) in [5.74, 6) is 0.709. The number of nitrogens with two attached hydrogens (primary N) is 1. The van der Waals surface area contributed by atoms with Crippen molar-refractivity contribution in [3.63, 3.8) is 0 Å². The molecule has 0 fully saturated rings. The molecule has 2 nitrogen and oxygen atoms in total. The first-order valence-electron chi connectivity index (χ1n) is 7.19. The van der Waals surface area contributed by atoms with E-state index in [1.807, 2.05) is 17.8 Å². The Morgan fingerprint density at radius 3 is 2.62 bits per heavy atom. The summed E-state index contributed by atoms with van der Waals surface area (Å²) in [4.78, 5) is 5.79. The maximum Gasteiger partial charge on any atom is 0.0981 e. The smallest absolute Gasteiger partial charge is 0.0981 e. The minimum absolute atomic E-state index is 0.420. The highest BCUT2D eigenvalue weighted by molar-refractivity contribution is 8.00. The van der Waals surface area contributed by atoms with Crippen molar-refractivity contribution in [2.75, 3.05) is 6.54 Å². The van der Waals surface area contributed by atoms with Crippen LogP contribution in [0, 0.1) is 6.92 Å². The molecule has 0 saturated carbocycles. The first-order valence-corrected chi connectivity index (χ1v) is 8.07. The molecule has 2 rings (SSSR count). The van der Waals surface area contributed by atoms with Gasteiger partial charge in [0, 0.05) is 16.6 Å². The average molecular weight is 298 g/mol. The predicted octanol–water partition coefficient (Wildman–Crippen LogP) is 4.08. The quantitative estimate of drug-likeness (QED) is 0.496. The van der Waals surface area contributed by atoms with Crippen molar-refractivity contribution in [3.05, 3.63) is 65.7 Å². The summed E-state index contributed by atoms with van der Waals surface area (Å²) in [6.07, 6.45) is 0.727. The van der Waals surface area contributed by atoms with E-state index in [4.69, 9.17) is 5.73 Å². The van der Waals surface area contributed by atoms with E-state index in [1.165, 1.54) is 16.0 Å². The Hall–Kier alpha value is -1.74. The summed E-state index contributed by atoms with van der Waals surface area (Å²) in [7, 11) is 0. The molecule has 1 atom stereocenters. The normalized spacial score (nSPS) is 13.1. The molecule has 0 aliphatic heterocycles. The van der Waals surface area contributed by atoms with Gasteiger partial charge >= 0.3 is 0 Å². The first-order chi connectivity index (χ1) is 10.1. The third-order valence-corrected chi connectivity index (χ3v) is 4.20. The Morgan fingerprint density at radius 2 is 1.90 bits per heavy atom. The van der Waals surface area contributed by atoms with E-state index in [0.717, 1.165) is 13.0 Å². The molecule has 21 heavy (non-hydrogen) atoms. The Labute approximate surface area is 131 Å². The lowest BCUT2D eigenvalue weighted by molar-refractivity contribution is 0.942. The van der Waals surface area contributed by atoms with Crippen LogP contribution in [0.3, 0.4) is 0 Å². The second-order valence-corrected chi connectivity index (χ2v) is 6.75. The molecule has 1 unspecified atom stereocenters. The SMILES string of the molecule is Cc1cccc(CC(N)=NCC(C)Sc2ccccc2)c1. The molecule has 0 radical (unpaired) electrons. The molecule has 0 saturated heterocycles. The zero-order valence-corrected chi connectivity index (χ0v) is 13.4. The zero-order chi connectivity index (χ0) is 15.1. The number of thioether (sulfide) groups is 1. The molecule has 2 aromatic carbocycles. The van der Waals surface area contributed by atoms with Gasteiger partial charge in [0.05, 0.1) is 12.4 Å². The molecule has 2 aromatic rings. The van der Waals surface area contributed by atoms with Crippen molar-refractivity contribution in [1.82, 2.24) is 0 Å². The molecule has 0 amide bonds. The van der Waals surface area contributed by atoms with E-state index < -0.39 is 0 Å². The second-order valence-electron chi connectivity index (χ2n) is 5.24. The van der Waals surface area contributed by atoms with Gasteiger partial charge in [-0.3, -0.25) is 4.99 Å². The van der Waals surface area contributed by atoms with E-state index in [0.29, 0.717) is 11.1 Å². The molecule has 0 aliphatic rings. The van der Waals surface area contributed by atoms with Gasteiger partial charge in [-0.1, -0.05) is 55.0 Å². The van der Waals surface area contributed by atoms with Crippen molar-refractivity contribution in [2.24, 2.45) is 10.7 Å². The van der Waals surface area contributed by atoms with Crippen molar-refractivity contribution < 1.29 is 0 Å². The van der Waals surface area contributed by atoms with E-state index >= 15 is 0 Å². The first kappa shape index (κ1) is 15.6. The summed E-state index contributed by atoms with van der Waals surface area (Å²) in [5.41, 5.74) is 8.52. The van der Waals surface area contributed by atoms with Gasteiger partial charge in [-0.15, -0.1) is 11.8 Å². The lowest BCUT2D eigenvalue weighted by Gasteiger charge is -2.09. The van der Waals surface area contributed by atoms with Gasteiger partial charge in [0.15, 0.2) is 0 Å². The van der Waals surface area contributed by atoms with Gasteiger partial charge in [0.25, 0.3) is 0 Å². The Balaban J connectivity index is 1.85. The predicted molar refractivity (Wildman–Crippen MR) is 93.1 cm³/mol. The standard InChI is InChI=1S/C18H22N2S/c1-14-7-6-8-16(11-14)12-18(19)20-13-15(2)21-17-9-4-3-5-10-17/h3-11,15H,12-13H2,1-2H3,(H2,19,20). The minimum atomic E-state index is 0.420. The number of nitrogens with zero attached hydrogens (tertiary/aromatic N) is 1. The zero-order valence-electron chi connectivity index (χ0n) is 12.6. The number of aryl methyl sites for hydroxylation is 1. The van der Waals surface area contributed by atoms with Crippen LogP contribution < -0.4 is 5.73 Å². The number of hydrogen-bond donors (Lipinski definition) is 1. The third kappa shape index (κ3) is 5.64. The van der Waals surface area contributed by atoms with Gasteiger partial charge in [0.2, 0.25) is 0 Å². The molecule has 0 aromatic heterocycles. The second kappa shape index (κ2) is 7.89. The molecule has 110 valence electrons. The van der Waals surface area contributed by atoms with Crippen LogP contribution in [0.25, 0.3) is 0 Å². The van der Waals surface area contributed by atoms with Crippen LogP contribution in [-0.4, -0.2) is 17.6 Å². The molecule has 0 aliphatic carbocycles. The molecule has 0 bridgehead atoms. The highest BCUT2D eigenvalue weighted by Gasteiger charge is 2.04. The fourth-order valence-electron chi connectivity index (χ4n) is 2.10. The fraction of sp³-hybridized carbons (Fsp3) is 0.278. The summed E-state index contributed by atoms with van der Waals surface area (Å²) in [6, 6.07) is 18.8. The van der Waals surface area contributed by atoms with E-state index in [-0.39, 0.29) is 0 Å². The van der Waals surface area contributed by atoms with Crippen molar-refractivity contribution in [2.45, 2.75) is 30.4 Å². The monoisotopic (exact) mass is 298 g/mol. The number of rotatable bonds is 6. The Kier molecular flexibility index (Phi) is 5.88. The van der Waals surface area contributed by atoms with Crippen LogP contribution in [0.2, 0.25) is 0 Å². The van der Waals surface area contributed by atoms with Crippen LogP contribution in [-0.2, 0) is 6.42 Å². The Morgan fingerprint density at radius 1 is 1.14 bits per heavy atom. The van der Waals surface area contributed by atoms with Crippen LogP contribution in [0.1, 0.15) is 18.1 Å². The third-order valence-electron chi connectivity index (χ3n) is 3.10. The summed E-state index contributed by atoms with van der Waals surface area (Å²) in [5, 5.41) is 0.420.